The van der Waals surface area contributed by atoms with Gasteiger partial charge >= 0.3 is 6.09 Å². The molecule has 0 saturated carbocycles. The lowest BCUT2D eigenvalue weighted by Crippen LogP contribution is -2.45. The van der Waals surface area contributed by atoms with Gasteiger partial charge in [0.15, 0.2) is 5.82 Å². The third-order valence-electron chi connectivity index (χ3n) is 9.67. The Kier molecular flexibility index (Phi) is 12.1. The van der Waals surface area contributed by atoms with Crippen LogP contribution in [-0.2, 0) is 21.4 Å². The number of carbonyl (C=O) groups excluding carboxylic acids is 3. The van der Waals surface area contributed by atoms with Gasteiger partial charge in [-0.1, -0.05) is 6.07 Å². The zero-order chi connectivity index (χ0) is 33.6. The lowest BCUT2D eigenvalue weighted by Gasteiger charge is -2.39. The highest BCUT2D eigenvalue weighted by Crippen LogP contribution is 2.34. The maximum absolute atomic E-state index is 12.1. The number of fused-ring (bicyclic) bond motifs is 1. The normalized spacial score (nSPS) is 19.9. The van der Waals surface area contributed by atoms with Crippen molar-refractivity contribution in [3.63, 3.8) is 0 Å². The van der Waals surface area contributed by atoms with Crippen LogP contribution in [0, 0.1) is 5.92 Å². The molecule has 0 spiro atoms. The number of likely N-dealkylation sites (tertiary alicyclic amines) is 1. The Hall–Kier alpha value is -2.87. The second kappa shape index (κ2) is 16.0. The number of hydrogen-bond donors (Lipinski definition) is 2. The van der Waals surface area contributed by atoms with Gasteiger partial charge in [-0.05, 0) is 102 Å². The van der Waals surface area contributed by atoms with E-state index in [4.69, 9.17) is 4.74 Å². The molecule has 12 nitrogen and oxygen atoms in total. The van der Waals surface area contributed by atoms with Gasteiger partial charge in [-0.2, -0.15) is 5.10 Å². The molecule has 3 aliphatic heterocycles. The number of benzene rings is 1. The van der Waals surface area contributed by atoms with Crippen molar-refractivity contribution < 1.29 is 19.1 Å². The number of nitrogens with zero attached hydrogens (tertiary/aromatic N) is 6. The number of ether oxygens (including phenoxy) is 1. The number of aryl methyl sites for hydroxylation is 1. The molecule has 260 valence electrons. The molecule has 1 aromatic carbocycles. The van der Waals surface area contributed by atoms with Crippen LogP contribution in [-0.4, -0.2) is 113 Å². The van der Waals surface area contributed by atoms with Gasteiger partial charge in [-0.15, -0.1) is 0 Å². The molecule has 3 fully saturated rings. The first-order valence-electron chi connectivity index (χ1n) is 17.3. The van der Waals surface area contributed by atoms with Crippen molar-refractivity contribution in [2.45, 2.75) is 83.3 Å². The fourth-order valence-electron chi connectivity index (χ4n) is 6.98. The van der Waals surface area contributed by atoms with Gasteiger partial charge in [0.25, 0.3) is 0 Å². The molecule has 2 N–H and O–H groups in total. The van der Waals surface area contributed by atoms with Gasteiger partial charge in [0.2, 0.25) is 12.3 Å². The molecule has 3 saturated heterocycles. The summed E-state index contributed by atoms with van der Waals surface area (Å²) in [5.74, 6) is 1.77. The average Bonchev–Trinajstić information content (AvgIpc) is 3.37. The minimum Gasteiger partial charge on any atom is -0.444 e. The Morgan fingerprint density at radius 2 is 1.68 bits per heavy atom. The fourth-order valence-corrected chi connectivity index (χ4v) is 8.06. The van der Waals surface area contributed by atoms with E-state index in [1.165, 1.54) is 29.8 Å². The van der Waals surface area contributed by atoms with Gasteiger partial charge in [0, 0.05) is 83.3 Å². The molecule has 3 aliphatic rings. The van der Waals surface area contributed by atoms with Crippen LogP contribution >= 0.6 is 12.1 Å². The lowest BCUT2D eigenvalue weighted by atomic mass is 9.88. The van der Waals surface area contributed by atoms with Crippen molar-refractivity contribution in [3.05, 3.63) is 23.8 Å². The number of carbonyl (C=O) groups is 3. The quantitative estimate of drug-likeness (QED) is 0.269. The van der Waals surface area contributed by atoms with Crippen molar-refractivity contribution in [2.24, 2.45) is 13.0 Å². The smallest absolute Gasteiger partial charge is 0.407 e. The highest BCUT2D eigenvalue weighted by molar-refractivity contribution is 7.94. The molecule has 2 aromatic rings. The van der Waals surface area contributed by atoms with Crippen molar-refractivity contribution in [1.82, 2.24) is 33.9 Å². The third-order valence-corrected chi connectivity index (χ3v) is 10.9. The SMILES string of the molecule is CNC(=O)CCN(C=O)c1nn(C)c2cc(C3CCN(CC4CCN(SN5CCC(NC(=O)OC(C)(C)C)CC5)CC4)CC3)ccc12. The lowest BCUT2D eigenvalue weighted by molar-refractivity contribution is -0.120. The Balaban J connectivity index is 1.02. The van der Waals surface area contributed by atoms with Crippen LogP contribution in [0.25, 0.3) is 10.9 Å². The van der Waals surface area contributed by atoms with E-state index < -0.39 is 5.60 Å². The number of anilines is 1. The fraction of sp³-hybridized carbons (Fsp3) is 0.706. The Labute approximate surface area is 284 Å². The van der Waals surface area contributed by atoms with E-state index in [0.29, 0.717) is 18.3 Å². The molecule has 4 heterocycles. The number of nitrogens with one attached hydrogen (secondary N) is 2. The van der Waals surface area contributed by atoms with E-state index in [2.05, 4.69) is 47.4 Å². The Bertz CT molecular complexity index is 1360. The van der Waals surface area contributed by atoms with Gasteiger partial charge in [0.05, 0.1) is 5.52 Å². The standard InChI is InChI=1S/C34H54N8O4S/c1-34(2,3)46-33(45)36-28-12-20-42(21-13-28)47-41-18-8-25(9-19-41)23-39-15-10-26(11-16-39)27-6-7-29-30(22-27)38(5)37-32(29)40(24-43)17-14-31(44)35-4/h6-7,22,24-26,28H,8-21,23H2,1-5H3,(H,35,44)(H,36,45). The van der Waals surface area contributed by atoms with Crippen molar-refractivity contribution in [1.29, 1.82) is 0 Å². The molecular formula is C34H54N8O4S. The van der Waals surface area contributed by atoms with E-state index in [1.54, 1.807) is 7.05 Å². The maximum atomic E-state index is 12.1. The topological polar surface area (TPSA) is 115 Å². The number of hydrogen-bond acceptors (Lipinski definition) is 9. The van der Waals surface area contributed by atoms with E-state index >= 15 is 0 Å². The predicted molar refractivity (Wildman–Crippen MR) is 187 cm³/mol. The summed E-state index contributed by atoms with van der Waals surface area (Å²) in [6, 6.07) is 6.71. The minimum absolute atomic E-state index is 0.102. The molecule has 47 heavy (non-hydrogen) atoms. The maximum Gasteiger partial charge on any atom is 0.407 e. The van der Waals surface area contributed by atoms with Gasteiger partial charge in [-0.3, -0.25) is 19.2 Å². The van der Waals surface area contributed by atoms with Crippen molar-refractivity contribution in [2.75, 3.05) is 64.3 Å². The van der Waals surface area contributed by atoms with E-state index in [1.807, 2.05) is 44.6 Å². The van der Waals surface area contributed by atoms with E-state index in [9.17, 15) is 14.4 Å². The van der Waals surface area contributed by atoms with Crippen LogP contribution in [0.5, 0.6) is 0 Å². The van der Waals surface area contributed by atoms with Crippen LogP contribution in [0.4, 0.5) is 10.6 Å². The van der Waals surface area contributed by atoms with Gasteiger partial charge in [-0.25, -0.2) is 13.4 Å². The van der Waals surface area contributed by atoms with Crippen LogP contribution in [0.2, 0.25) is 0 Å². The van der Waals surface area contributed by atoms with Crippen LogP contribution < -0.4 is 15.5 Å². The van der Waals surface area contributed by atoms with Crippen molar-refractivity contribution >= 4 is 47.3 Å². The number of aromatic nitrogens is 2. The summed E-state index contributed by atoms with van der Waals surface area (Å²) in [4.78, 5) is 39.9. The highest BCUT2D eigenvalue weighted by Gasteiger charge is 2.29. The molecule has 1 aromatic heterocycles. The molecule has 0 aliphatic carbocycles. The van der Waals surface area contributed by atoms with Crippen molar-refractivity contribution in [3.8, 4) is 0 Å². The monoisotopic (exact) mass is 670 g/mol. The summed E-state index contributed by atoms with van der Waals surface area (Å²) in [6.07, 6.45) is 7.37. The Morgan fingerprint density at radius 1 is 1.02 bits per heavy atom. The molecule has 3 amide bonds. The van der Waals surface area contributed by atoms with Crippen LogP contribution in [0.15, 0.2) is 18.2 Å². The zero-order valence-electron chi connectivity index (χ0n) is 28.9. The largest absolute Gasteiger partial charge is 0.444 e. The molecular weight excluding hydrogens is 616 g/mol. The Morgan fingerprint density at radius 3 is 2.30 bits per heavy atom. The molecule has 0 atom stereocenters. The summed E-state index contributed by atoms with van der Waals surface area (Å²) in [6.45, 7) is 13.6. The van der Waals surface area contributed by atoms with Gasteiger partial charge < -0.3 is 20.3 Å². The minimum atomic E-state index is -0.467. The number of amides is 3. The molecule has 0 radical (unpaired) electrons. The number of rotatable bonds is 11. The number of alkyl carbamates (subject to hydrolysis) is 1. The average molecular weight is 671 g/mol. The first-order chi connectivity index (χ1) is 22.5. The summed E-state index contributed by atoms with van der Waals surface area (Å²) in [5.41, 5.74) is 1.88. The van der Waals surface area contributed by atoms with E-state index in [0.717, 1.165) is 88.2 Å². The molecule has 13 heteroatoms. The van der Waals surface area contributed by atoms with E-state index in [-0.39, 0.29) is 24.5 Å². The molecule has 0 unspecified atom stereocenters. The second-order valence-corrected chi connectivity index (χ2v) is 15.5. The zero-order valence-corrected chi connectivity index (χ0v) is 29.7. The summed E-state index contributed by atoms with van der Waals surface area (Å²) in [7, 11) is 3.51. The first kappa shape index (κ1) is 35.4. The summed E-state index contributed by atoms with van der Waals surface area (Å²) >= 11 is 1.90. The molecule has 0 bridgehead atoms. The second-order valence-electron chi connectivity index (χ2n) is 14.3. The van der Waals surface area contributed by atoms with Crippen LogP contribution in [0.3, 0.4) is 0 Å². The predicted octanol–water partition coefficient (Wildman–Crippen LogP) is 4.12. The molecule has 5 rings (SSSR count). The van der Waals surface area contributed by atoms with Crippen LogP contribution in [0.1, 0.15) is 77.2 Å². The first-order valence-corrected chi connectivity index (χ1v) is 18.0. The third kappa shape index (κ3) is 9.84. The highest BCUT2D eigenvalue weighted by atomic mass is 32.2. The number of piperidine rings is 3. The summed E-state index contributed by atoms with van der Waals surface area (Å²) < 4.78 is 12.2. The summed E-state index contributed by atoms with van der Waals surface area (Å²) in [5, 5.41) is 11.2. The van der Waals surface area contributed by atoms with Gasteiger partial charge in [0.1, 0.15) is 5.60 Å².